The molecule has 0 unspecified atom stereocenters. The van der Waals surface area contributed by atoms with Crippen molar-refractivity contribution < 1.29 is 19.7 Å². The van der Waals surface area contributed by atoms with Crippen molar-refractivity contribution in [3.8, 4) is 17.6 Å². The summed E-state index contributed by atoms with van der Waals surface area (Å²) < 4.78 is 11.5. The molecule has 2 aromatic carbocycles. The van der Waals surface area contributed by atoms with Crippen molar-refractivity contribution in [1.82, 2.24) is 20.1 Å². The minimum Gasteiger partial charge on any atom is -0.493 e. The molecule has 4 rings (SSSR count). The number of H-pyrrole nitrogens is 1. The summed E-state index contributed by atoms with van der Waals surface area (Å²) in [4.78, 5) is 6.35. The fourth-order valence-electron chi connectivity index (χ4n) is 3.75. The van der Waals surface area contributed by atoms with Gasteiger partial charge in [-0.3, -0.25) is 15.0 Å². The highest BCUT2D eigenvalue weighted by Gasteiger charge is 2.15. The van der Waals surface area contributed by atoms with Crippen LogP contribution in [0.1, 0.15) is 5.56 Å². The van der Waals surface area contributed by atoms with E-state index in [0.717, 1.165) is 22.0 Å². The van der Waals surface area contributed by atoms with Gasteiger partial charge in [0.25, 0.3) is 0 Å². The number of aliphatic hydroxyl groups is 2. The number of nitriles is 1. The summed E-state index contributed by atoms with van der Waals surface area (Å²) in [7, 11) is 1.55. The van der Waals surface area contributed by atoms with Crippen LogP contribution >= 0.6 is 0 Å². The second kappa shape index (κ2) is 10.8. The Balaban J connectivity index is 1.63. The van der Waals surface area contributed by atoms with Crippen molar-refractivity contribution in [2.24, 2.45) is 0 Å². The third-order valence-corrected chi connectivity index (χ3v) is 5.48. The second-order valence-corrected chi connectivity index (χ2v) is 7.61. The van der Waals surface area contributed by atoms with Crippen molar-refractivity contribution in [2.45, 2.75) is 0 Å². The molecule has 0 spiro atoms. The van der Waals surface area contributed by atoms with Crippen LogP contribution in [-0.2, 0) is 0 Å². The number of nitrogens with zero attached hydrogens (tertiary/aromatic N) is 4. The molecule has 0 aliphatic heterocycles. The molecule has 0 fully saturated rings. The Hall–Kier alpha value is -3.91. The molecular weight excluding hydrogens is 436 g/mol. The largest absolute Gasteiger partial charge is 0.493 e. The van der Waals surface area contributed by atoms with Crippen molar-refractivity contribution in [2.75, 3.05) is 51.9 Å². The number of aliphatic hydroxyl groups excluding tert-OH is 2. The number of ether oxygens (including phenoxy) is 2. The van der Waals surface area contributed by atoms with E-state index in [1.165, 1.54) is 6.20 Å². The second-order valence-electron chi connectivity index (χ2n) is 7.61. The number of benzene rings is 2. The van der Waals surface area contributed by atoms with Gasteiger partial charge in [0.2, 0.25) is 0 Å². The molecule has 2 heterocycles. The van der Waals surface area contributed by atoms with Gasteiger partial charge in [-0.1, -0.05) is 0 Å². The number of nitrogens with one attached hydrogen (secondary N) is 2. The lowest BCUT2D eigenvalue weighted by molar-refractivity contribution is 0.140. The van der Waals surface area contributed by atoms with Crippen LogP contribution in [0.15, 0.2) is 42.7 Å². The van der Waals surface area contributed by atoms with Gasteiger partial charge in [0.1, 0.15) is 12.7 Å². The molecule has 34 heavy (non-hydrogen) atoms. The maximum Gasteiger partial charge on any atom is 0.163 e. The summed E-state index contributed by atoms with van der Waals surface area (Å²) >= 11 is 0. The number of hydrogen-bond acceptors (Lipinski definition) is 9. The Bertz CT molecular complexity index is 1310. The highest BCUT2D eigenvalue weighted by Crippen LogP contribution is 2.37. The molecule has 0 aliphatic carbocycles. The zero-order valence-electron chi connectivity index (χ0n) is 18.8. The molecule has 0 radical (unpaired) electrons. The quantitative estimate of drug-likeness (QED) is 0.264. The maximum atomic E-state index is 9.69. The molecule has 0 atom stereocenters. The zero-order chi connectivity index (χ0) is 23.9. The van der Waals surface area contributed by atoms with Gasteiger partial charge in [0, 0.05) is 48.4 Å². The van der Waals surface area contributed by atoms with Crippen molar-refractivity contribution >= 4 is 33.2 Å². The smallest absolute Gasteiger partial charge is 0.163 e. The molecule has 10 heteroatoms. The highest BCUT2D eigenvalue weighted by atomic mass is 16.5. The molecule has 4 aromatic rings. The minimum atomic E-state index is 0.00747. The van der Waals surface area contributed by atoms with E-state index >= 15 is 0 Å². The van der Waals surface area contributed by atoms with Crippen LogP contribution in [0.4, 0.5) is 11.4 Å². The number of rotatable bonds is 11. The van der Waals surface area contributed by atoms with Gasteiger partial charge in [-0.15, -0.1) is 0 Å². The average molecular weight is 463 g/mol. The number of aromatic nitrogens is 3. The number of aromatic amines is 1. The molecule has 0 bridgehead atoms. The summed E-state index contributed by atoms with van der Waals surface area (Å²) in [5.41, 5.74) is 3.34. The topological polar surface area (TPSA) is 140 Å². The molecule has 10 nitrogen and oxygen atoms in total. The van der Waals surface area contributed by atoms with Crippen LogP contribution in [0.5, 0.6) is 11.5 Å². The van der Waals surface area contributed by atoms with Crippen molar-refractivity contribution in [3.63, 3.8) is 0 Å². The molecule has 0 aliphatic rings. The summed E-state index contributed by atoms with van der Waals surface area (Å²) in [6, 6.07) is 11.6. The third-order valence-electron chi connectivity index (χ3n) is 5.48. The van der Waals surface area contributed by atoms with Crippen molar-refractivity contribution in [3.05, 3.63) is 48.3 Å². The molecular formula is C24H26N6O4. The van der Waals surface area contributed by atoms with Gasteiger partial charge in [0.15, 0.2) is 11.5 Å². The normalized spacial score (nSPS) is 11.1. The summed E-state index contributed by atoms with van der Waals surface area (Å²) in [6.45, 7) is 1.80. The third kappa shape index (κ3) is 5.02. The van der Waals surface area contributed by atoms with E-state index in [-0.39, 0.29) is 13.2 Å². The van der Waals surface area contributed by atoms with Gasteiger partial charge >= 0.3 is 0 Å². The summed E-state index contributed by atoms with van der Waals surface area (Å²) in [5.74, 6) is 1.03. The average Bonchev–Trinajstić information content (AvgIpc) is 3.32. The fraction of sp³-hybridized carbons (Fsp3) is 0.292. The van der Waals surface area contributed by atoms with Gasteiger partial charge in [-0.25, -0.2) is 0 Å². The van der Waals surface area contributed by atoms with Crippen LogP contribution in [-0.4, -0.2) is 76.9 Å². The predicted octanol–water partition coefficient (Wildman–Crippen LogP) is 2.40. The van der Waals surface area contributed by atoms with E-state index in [1.54, 1.807) is 25.4 Å². The molecule has 0 amide bonds. The Kier molecular flexibility index (Phi) is 7.39. The SMILES string of the molecule is COc1cc2c(Nc3ccc4cn[nH]c4c3)c(C#N)cnc2cc1OCCN(CCO)CCO. The Morgan fingerprint density at radius 1 is 1.09 bits per heavy atom. The lowest BCUT2D eigenvalue weighted by atomic mass is 10.1. The van der Waals surface area contributed by atoms with Crippen LogP contribution in [0, 0.1) is 11.3 Å². The number of fused-ring (bicyclic) bond motifs is 2. The van der Waals surface area contributed by atoms with Gasteiger partial charge < -0.3 is 25.0 Å². The Labute approximate surface area is 196 Å². The maximum absolute atomic E-state index is 9.69. The molecule has 2 aromatic heterocycles. The first kappa shape index (κ1) is 23.3. The number of hydrogen-bond donors (Lipinski definition) is 4. The molecule has 4 N–H and O–H groups in total. The number of methoxy groups -OCH3 is 1. The molecule has 0 saturated carbocycles. The minimum absolute atomic E-state index is 0.00747. The first-order valence-electron chi connectivity index (χ1n) is 10.8. The van der Waals surface area contributed by atoms with E-state index < -0.39 is 0 Å². The van der Waals surface area contributed by atoms with Gasteiger partial charge in [-0.05, 0) is 24.3 Å². The first-order valence-corrected chi connectivity index (χ1v) is 10.8. The lowest BCUT2D eigenvalue weighted by Crippen LogP contribution is -2.33. The highest BCUT2D eigenvalue weighted by molar-refractivity contribution is 5.98. The van der Waals surface area contributed by atoms with Crippen LogP contribution in [0.2, 0.25) is 0 Å². The number of anilines is 2. The lowest BCUT2D eigenvalue weighted by Gasteiger charge is -2.21. The van der Waals surface area contributed by atoms with Gasteiger partial charge in [0.05, 0.1) is 48.8 Å². The fourth-order valence-corrected chi connectivity index (χ4v) is 3.75. The monoisotopic (exact) mass is 462 g/mol. The van der Waals surface area contributed by atoms with Crippen LogP contribution in [0.3, 0.4) is 0 Å². The number of pyridine rings is 1. The zero-order valence-corrected chi connectivity index (χ0v) is 18.8. The van der Waals surface area contributed by atoms with E-state index in [1.807, 2.05) is 23.1 Å². The summed E-state index contributed by atoms with van der Waals surface area (Å²) in [5, 5.41) is 40.1. The standard InChI is InChI=1S/C24H26N6O4/c1-33-22-11-19-21(12-23(22)34-9-6-30(4-7-31)5-8-32)26-14-17(13-25)24(19)28-18-3-2-16-15-27-29-20(16)10-18/h2-3,10-12,14-15,31-32H,4-9H2,1H3,(H,26,28)(H,27,29). The van der Waals surface area contributed by atoms with E-state index in [9.17, 15) is 5.26 Å². The van der Waals surface area contributed by atoms with Crippen molar-refractivity contribution in [1.29, 1.82) is 5.26 Å². The molecule has 176 valence electrons. The molecule has 0 saturated heterocycles. The van der Waals surface area contributed by atoms with E-state index in [0.29, 0.717) is 54.5 Å². The Morgan fingerprint density at radius 2 is 1.91 bits per heavy atom. The van der Waals surface area contributed by atoms with Crippen LogP contribution in [0.25, 0.3) is 21.8 Å². The Morgan fingerprint density at radius 3 is 2.65 bits per heavy atom. The summed E-state index contributed by atoms with van der Waals surface area (Å²) in [6.07, 6.45) is 3.28. The van der Waals surface area contributed by atoms with E-state index in [2.05, 4.69) is 26.6 Å². The van der Waals surface area contributed by atoms with E-state index in [4.69, 9.17) is 19.7 Å². The first-order chi connectivity index (χ1) is 16.7. The van der Waals surface area contributed by atoms with Crippen LogP contribution < -0.4 is 14.8 Å². The van der Waals surface area contributed by atoms with Gasteiger partial charge in [-0.2, -0.15) is 10.4 Å². The predicted molar refractivity (Wildman–Crippen MR) is 128 cm³/mol.